The van der Waals surface area contributed by atoms with Crippen molar-refractivity contribution in [1.82, 2.24) is 4.98 Å². The van der Waals surface area contributed by atoms with E-state index in [1.165, 1.54) is 48.1 Å². The highest BCUT2D eigenvalue weighted by Gasteiger charge is 2.44. The summed E-state index contributed by atoms with van der Waals surface area (Å²) in [6.45, 7) is 25.4. The third kappa shape index (κ3) is 5.83. The molecule has 1 N–H and O–H groups in total. The molecule has 0 saturated heterocycles. The zero-order valence-corrected chi connectivity index (χ0v) is 27.1. The van der Waals surface area contributed by atoms with Crippen LogP contribution in [0.3, 0.4) is 0 Å². The smallest absolute Gasteiger partial charge is 0.192 e. The van der Waals surface area contributed by atoms with E-state index in [4.69, 9.17) is 9.41 Å². The monoisotopic (exact) mass is 535 g/mol. The van der Waals surface area contributed by atoms with Gasteiger partial charge in [-0.1, -0.05) is 92.5 Å². The number of fused-ring (bicyclic) bond motifs is 1. The molecule has 2 atom stereocenters. The fourth-order valence-electron chi connectivity index (χ4n) is 6.34. The molecule has 2 aliphatic rings. The topological polar surface area (TPSA) is 42.4 Å². The first kappa shape index (κ1) is 29.5. The Balaban J connectivity index is 1.90. The number of hydrogen-bond acceptors (Lipinski definition) is 3. The summed E-state index contributed by atoms with van der Waals surface area (Å²) in [5.41, 5.74) is 8.27. The molecule has 0 spiro atoms. The maximum absolute atomic E-state index is 12.1. The molecule has 1 fully saturated rings. The van der Waals surface area contributed by atoms with Crippen LogP contribution in [0.2, 0.25) is 18.1 Å². The first-order chi connectivity index (χ1) is 17.4. The summed E-state index contributed by atoms with van der Waals surface area (Å²) in [5, 5.41) is 12.2. The van der Waals surface area contributed by atoms with Gasteiger partial charge in [0.1, 0.15) is 6.10 Å². The van der Waals surface area contributed by atoms with Gasteiger partial charge in [0, 0.05) is 22.7 Å². The number of aromatic nitrogens is 1. The number of pyridine rings is 1. The van der Waals surface area contributed by atoms with Crippen molar-refractivity contribution in [1.29, 1.82) is 0 Å². The van der Waals surface area contributed by atoms with Crippen molar-refractivity contribution in [2.24, 2.45) is 5.41 Å². The second kappa shape index (κ2) is 10.2. The van der Waals surface area contributed by atoms with Gasteiger partial charge in [-0.3, -0.25) is 4.98 Å². The molecule has 3 nitrogen and oxygen atoms in total. The van der Waals surface area contributed by atoms with E-state index in [2.05, 4.69) is 99.7 Å². The van der Waals surface area contributed by atoms with Crippen LogP contribution >= 0.6 is 0 Å². The van der Waals surface area contributed by atoms with Crippen molar-refractivity contribution < 1.29 is 9.53 Å². The van der Waals surface area contributed by atoms with Gasteiger partial charge in [0.2, 0.25) is 0 Å². The van der Waals surface area contributed by atoms with Crippen molar-refractivity contribution in [2.75, 3.05) is 0 Å². The highest BCUT2D eigenvalue weighted by Crippen LogP contribution is 2.50. The second-order valence-electron chi connectivity index (χ2n) is 15.6. The van der Waals surface area contributed by atoms with Crippen LogP contribution < -0.4 is 0 Å². The summed E-state index contributed by atoms with van der Waals surface area (Å²) < 4.78 is 7.17. The van der Waals surface area contributed by atoms with Crippen LogP contribution in [0.1, 0.15) is 145 Å². The minimum absolute atomic E-state index is 0.0200. The van der Waals surface area contributed by atoms with Gasteiger partial charge in [-0.25, -0.2) is 0 Å². The predicted molar refractivity (Wildman–Crippen MR) is 163 cm³/mol. The van der Waals surface area contributed by atoms with Gasteiger partial charge < -0.3 is 9.53 Å². The van der Waals surface area contributed by atoms with E-state index in [0.29, 0.717) is 5.92 Å². The van der Waals surface area contributed by atoms with E-state index in [0.717, 1.165) is 29.7 Å². The van der Waals surface area contributed by atoms with E-state index in [1.807, 2.05) is 0 Å². The third-order valence-electron chi connectivity index (χ3n) is 9.68. The van der Waals surface area contributed by atoms with Crippen LogP contribution in [-0.4, -0.2) is 18.4 Å². The summed E-state index contributed by atoms with van der Waals surface area (Å²) in [5.74, 6) is 0.430. The van der Waals surface area contributed by atoms with Crippen molar-refractivity contribution in [2.45, 2.75) is 143 Å². The molecule has 0 aliphatic heterocycles. The Morgan fingerprint density at radius 2 is 1.68 bits per heavy atom. The van der Waals surface area contributed by atoms with Crippen molar-refractivity contribution in [3.8, 4) is 0 Å². The summed E-state index contributed by atoms with van der Waals surface area (Å²) >= 11 is 0. The standard InChI is InChI=1S/C34H53NO2Si/c1-22-28-26(20-34(8,9)21-27(28)37-38(10,11)33(5,6)7)35-30(23-15-12-13-16-23)29(22)31(36)24-17-14-18-25(19-24)32(2,3)4/h14,17-19,23,27,31,36H,12-13,15-16,20-21H2,1-11H3. The van der Waals surface area contributed by atoms with Gasteiger partial charge in [-0.2, -0.15) is 0 Å². The Labute approximate surface area is 234 Å². The normalized spacial score (nSPS) is 21.4. The minimum atomic E-state index is -2.01. The van der Waals surface area contributed by atoms with Crippen LogP contribution in [0.15, 0.2) is 24.3 Å². The highest BCUT2D eigenvalue weighted by atomic mass is 28.4. The van der Waals surface area contributed by atoms with E-state index < -0.39 is 14.4 Å². The maximum atomic E-state index is 12.1. The van der Waals surface area contributed by atoms with E-state index in [1.54, 1.807) is 0 Å². The minimum Gasteiger partial charge on any atom is -0.410 e. The quantitative estimate of drug-likeness (QED) is 0.388. The molecular formula is C34H53NO2Si. The van der Waals surface area contributed by atoms with Crippen LogP contribution in [0.4, 0.5) is 0 Å². The molecule has 0 bridgehead atoms. The molecule has 38 heavy (non-hydrogen) atoms. The molecule has 1 aromatic carbocycles. The molecule has 4 rings (SSSR count). The highest BCUT2D eigenvalue weighted by molar-refractivity contribution is 6.74. The zero-order valence-electron chi connectivity index (χ0n) is 26.1. The SMILES string of the molecule is Cc1c2c(nc(C3CCCC3)c1C(O)c1cccc(C(C)(C)C)c1)CC(C)(C)CC2O[Si](C)(C)C(C)(C)C. The Hall–Kier alpha value is -1.49. The third-order valence-corrected chi connectivity index (χ3v) is 14.2. The number of hydrogen-bond donors (Lipinski definition) is 1. The molecule has 1 heterocycles. The molecule has 210 valence electrons. The van der Waals surface area contributed by atoms with Crippen molar-refractivity contribution >= 4 is 8.32 Å². The number of aliphatic hydroxyl groups is 1. The summed E-state index contributed by atoms with van der Waals surface area (Å²) in [6, 6.07) is 8.57. The molecule has 0 amide bonds. The lowest BCUT2D eigenvalue weighted by molar-refractivity contribution is 0.105. The Morgan fingerprint density at radius 3 is 2.26 bits per heavy atom. The van der Waals surface area contributed by atoms with E-state index in [9.17, 15) is 5.11 Å². The van der Waals surface area contributed by atoms with Gasteiger partial charge in [0.15, 0.2) is 8.32 Å². The Morgan fingerprint density at radius 1 is 1.05 bits per heavy atom. The average Bonchev–Trinajstić information content (AvgIpc) is 3.30. The maximum Gasteiger partial charge on any atom is 0.192 e. The molecule has 2 aliphatic carbocycles. The van der Waals surface area contributed by atoms with Gasteiger partial charge >= 0.3 is 0 Å². The number of benzene rings is 1. The van der Waals surface area contributed by atoms with Gasteiger partial charge in [-0.15, -0.1) is 0 Å². The fraction of sp³-hybridized carbons (Fsp3) is 0.676. The van der Waals surface area contributed by atoms with E-state index in [-0.39, 0.29) is 22.0 Å². The zero-order chi connectivity index (χ0) is 28.3. The first-order valence-corrected chi connectivity index (χ1v) is 17.8. The van der Waals surface area contributed by atoms with Crippen molar-refractivity contribution in [3.05, 3.63) is 63.5 Å². The van der Waals surface area contributed by atoms with Gasteiger partial charge in [0.25, 0.3) is 0 Å². The summed E-state index contributed by atoms with van der Waals surface area (Å²) in [4.78, 5) is 5.49. The molecule has 1 saturated carbocycles. The van der Waals surface area contributed by atoms with Gasteiger partial charge in [0.05, 0.1) is 11.8 Å². The summed E-state index contributed by atoms with van der Waals surface area (Å²) in [6.07, 6.45) is 6.13. The molecule has 1 aromatic heterocycles. The first-order valence-electron chi connectivity index (χ1n) is 14.9. The lowest BCUT2D eigenvalue weighted by atomic mass is 9.72. The summed E-state index contributed by atoms with van der Waals surface area (Å²) in [7, 11) is -2.01. The molecule has 2 unspecified atom stereocenters. The largest absolute Gasteiger partial charge is 0.410 e. The van der Waals surface area contributed by atoms with Crippen molar-refractivity contribution in [3.63, 3.8) is 0 Å². The Kier molecular flexibility index (Phi) is 7.88. The molecule has 0 radical (unpaired) electrons. The second-order valence-corrected chi connectivity index (χ2v) is 20.3. The van der Waals surface area contributed by atoms with Crippen LogP contribution in [0.5, 0.6) is 0 Å². The number of nitrogens with zero attached hydrogens (tertiary/aromatic N) is 1. The van der Waals surface area contributed by atoms with Crippen LogP contribution in [-0.2, 0) is 16.3 Å². The van der Waals surface area contributed by atoms with Crippen LogP contribution in [0.25, 0.3) is 0 Å². The van der Waals surface area contributed by atoms with Crippen LogP contribution in [0, 0.1) is 12.3 Å². The number of rotatable bonds is 5. The molecule has 2 aromatic rings. The lowest BCUT2D eigenvalue weighted by Gasteiger charge is -2.45. The van der Waals surface area contributed by atoms with E-state index >= 15 is 0 Å². The molecular weight excluding hydrogens is 482 g/mol. The number of aliphatic hydroxyl groups excluding tert-OH is 1. The average molecular weight is 536 g/mol. The Bertz CT molecular complexity index is 1160. The van der Waals surface area contributed by atoms with Gasteiger partial charge in [-0.05, 0) is 78.3 Å². The fourth-order valence-corrected chi connectivity index (χ4v) is 7.61. The lowest BCUT2D eigenvalue weighted by Crippen LogP contribution is -2.44. The predicted octanol–water partition coefficient (Wildman–Crippen LogP) is 9.46. The molecule has 4 heteroatoms.